The van der Waals surface area contributed by atoms with Crippen molar-refractivity contribution in [2.24, 2.45) is 0 Å². The molecule has 0 bridgehead atoms. The number of cyclic esters (lactones) is 1. The van der Waals surface area contributed by atoms with Gasteiger partial charge in [-0.05, 0) is 30.7 Å². The minimum Gasteiger partial charge on any atom is -0.447 e. The van der Waals surface area contributed by atoms with Crippen molar-refractivity contribution >= 4 is 36.7 Å². The van der Waals surface area contributed by atoms with E-state index in [2.05, 4.69) is 25.3 Å². The number of ether oxygens (including phenoxy) is 1. The monoisotopic (exact) mass is 334 g/mol. The Morgan fingerprint density at radius 1 is 1.40 bits per heavy atom. The topological polar surface area (TPSA) is 96.0 Å². The highest BCUT2D eigenvalue weighted by molar-refractivity contribution is 6.17. The van der Waals surface area contributed by atoms with E-state index in [-0.39, 0.29) is 0 Å². The van der Waals surface area contributed by atoms with Gasteiger partial charge in [0.2, 0.25) is 5.95 Å². The van der Waals surface area contributed by atoms with E-state index in [4.69, 9.17) is 12.6 Å². The van der Waals surface area contributed by atoms with E-state index in [9.17, 15) is 4.79 Å². The first-order valence-electron chi connectivity index (χ1n) is 7.81. The Morgan fingerprint density at radius 3 is 3.08 bits per heavy atom. The predicted octanol–water partition coefficient (Wildman–Crippen LogP) is 1.76. The zero-order chi connectivity index (χ0) is 17.4. The summed E-state index contributed by atoms with van der Waals surface area (Å²) in [4.78, 5) is 29.1. The number of fused-ring (bicyclic) bond motifs is 1. The first kappa shape index (κ1) is 15.4. The first-order chi connectivity index (χ1) is 12.0. The van der Waals surface area contributed by atoms with Crippen molar-refractivity contribution in [1.29, 1.82) is 0 Å². The molecule has 0 saturated carbocycles. The molecular weight excluding hydrogens is 319 g/mol. The van der Waals surface area contributed by atoms with Crippen LogP contribution in [0.4, 0.5) is 16.6 Å². The maximum atomic E-state index is 11.7. The highest BCUT2D eigenvalue weighted by atomic mass is 16.6. The average Bonchev–Trinajstić information content (AvgIpc) is 3.22. The first-order valence-corrected chi connectivity index (χ1v) is 7.81. The molecule has 2 N–H and O–H groups in total. The third kappa shape index (κ3) is 2.88. The molecule has 0 aromatic carbocycles. The molecule has 9 heteroatoms. The lowest BCUT2D eigenvalue weighted by molar-refractivity contribution is 0.181. The number of H-pyrrole nitrogens is 1. The van der Waals surface area contributed by atoms with Crippen LogP contribution in [0.3, 0.4) is 0 Å². The number of nitrogens with one attached hydrogen (secondary N) is 2. The van der Waals surface area contributed by atoms with Crippen LogP contribution in [0.5, 0.6) is 0 Å². The minimum atomic E-state index is -0.942. The largest absolute Gasteiger partial charge is 0.447 e. The van der Waals surface area contributed by atoms with Crippen molar-refractivity contribution < 1.29 is 9.53 Å². The highest BCUT2D eigenvalue weighted by Gasteiger charge is 2.26. The Balaban J connectivity index is 1.60. The fourth-order valence-electron chi connectivity index (χ4n) is 2.69. The van der Waals surface area contributed by atoms with Crippen LogP contribution in [0.15, 0.2) is 36.8 Å². The van der Waals surface area contributed by atoms with Crippen LogP contribution in [0.2, 0.25) is 0 Å². The molecule has 1 aliphatic rings. The molecule has 1 unspecified atom stereocenters. The molecule has 0 spiro atoms. The fourth-order valence-corrected chi connectivity index (χ4v) is 2.69. The summed E-state index contributed by atoms with van der Waals surface area (Å²) in [6.07, 6.45) is 4.68. The summed E-state index contributed by atoms with van der Waals surface area (Å²) < 4.78 is 4.93. The van der Waals surface area contributed by atoms with E-state index in [1.165, 1.54) is 4.90 Å². The van der Waals surface area contributed by atoms with Gasteiger partial charge in [-0.15, -0.1) is 0 Å². The Morgan fingerprint density at radius 2 is 2.28 bits per heavy atom. The van der Waals surface area contributed by atoms with Crippen LogP contribution < -0.4 is 10.2 Å². The van der Waals surface area contributed by atoms with Gasteiger partial charge >= 0.3 is 6.09 Å². The van der Waals surface area contributed by atoms with Crippen LogP contribution in [-0.2, 0) is 10.2 Å². The normalized spacial score (nSPS) is 16.7. The minimum absolute atomic E-state index is 0.316. The second kappa shape index (κ2) is 5.76. The number of rotatable bonds is 4. The maximum Gasteiger partial charge on any atom is 0.415 e. The number of anilines is 2. The third-order valence-electron chi connectivity index (χ3n) is 4.05. The molecule has 3 aromatic heterocycles. The summed E-state index contributed by atoms with van der Waals surface area (Å²) in [6, 6.07) is 5.53. The van der Waals surface area contributed by atoms with Crippen LogP contribution in [0.25, 0.3) is 11.0 Å². The number of aromatic amines is 1. The number of carbonyl (C=O) groups excluding carboxylic acids is 1. The quantitative estimate of drug-likeness (QED) is 0.706. The van der Waals surface area contributed by atoms with Gasteiger partial charge < -0.3 is 15.0 Å². The van der Waals surface area contributed by atoms with Crippen LogP contribution >= 0.6 is 0 Å². The summed E-state index contributed by atoms with van der Waals surface area (Å²) in [5, 5.41) is 4.06. The van der Waals surface area contributed by atoms with Crippen molar-refractivity contribution in [2.45, 2.75) is 12.4 Å². The highest BCUT2D eigenvalue weighted by Crippen LogP contribution is 2.24. The molecule has 1 saturated heterocycles. The number of nitrogens with zero attached hydrogens (tertiary/aromatic N) is 4. The van der Waals surface area contributed by atoms with E-state index < -0.39 is 11.5 Å². The van der Waals surface area contributed by atoms with Gasteiger partial charge in [0.25, 0.3) is 0 Å². The van der Waals surface area contributed by atoms with Crippen molar-refractivity contribution in [1.82, 2.24) is 19.9 Å². The summed E-state index contributed by atoms with van der Waals surface area (Å²) in [6.45, 7) is 2.62. The Bertz CT molecular complexity index is 941. The van der Waals surface area contributed by atoms with E-state index in [1.807, 2.05) is 25.3 Å². The average molecular weight is 334 g/mol. The van der Waals surface area contributed by atoms with Crippen molar-refractivity contribution in [3.63, 3.8) is 0 Å². The van der Waals surface area contributed by atoms with Gasteiger partial charge in [-0.1, -0.05) is 0 Å². The zero-order valence-corrected chi connectivity index (χ0v) is 13.6. The number of pyridine rings is 1. The molecular formula is C16H15BN6O2. The second-order valence-electron chi connectivity index (χ2n) is 5.97. The van der Waals surface area contributed by atoms with E-state index in [0.717, 1.165) is 16.6 Å². The lowest BCUT2D eigenvalue weighted by atomic mass is 9.74. The molecule has 0 aliphatic carbocycles. The smallest absolute Gasteiger partial charge is 0.415 e. The molecule has 3 aromatic rings. The molecule has 1 aliphatic heterocycles. The number of amides is 1. The van der Waals surface area contributed by atoms with Gasteiger partial charge in [-0.2, -0.15) is 4.98 Å². The molecule has 4 heterocycles. The van der Waals surface area contributed by atoms with Gasteiger partial charge in [0.1, 0.15) is 25.9 Å². The SMILES string of the molecule is [B]C(C)(Nc1nccc(N2CCOC2=O)n1)c1cnc2[nH]ccc2c1. The van der Waals surface area contributed by atoms with E-state index in [0.29, 0.717) is 24.9 Å². The van der Waals surface area contributed by atoms with Crippen molar-refractivity contribution in [3.8, 4) is 0 Å². The lowest BCUT2D eigenvalue weighted by Crippen LogP contribution is -2.33. The predicted molar refractivity (Wildman–Crippen MR) is 93.5 cm³/mol. The molecule has 8 nitrogen and oxygen atoms in total. The van der Waals surface area contributed by atoms with Gasteiger partial charge in [-0.25, -0.2) is 14.8 Å². The van der Waals surface area contributed by atoms with Crippen molar-refractivity contribution in [3.05, 3.63) is 42.4 Å². The molecule has 124 valence electrons. The third-order valence-corrected chi connectivity index (χ3v) is 4.05. The van der Waals surface area contributed by atoms with Gasteiger partial charge in [0.05, 0.1) is 6.54 Å². The molecule has 1 amide bonds. The number of aromatic nitrogens is 4. The van der Waals surface area contributed by atoms with Crippen LogP contribution in [0, 0.1) is 0 Å². The number of hydrogen-bond acceptors (Lipinski definition) is 6. The molecule has 4 rings (SSSR count). The zero-order valence-electron chi connectivity index (χ0n) is 13.6. The molecule has 2 radical (unpaired) electrons. The Hall–Kier alpha value is -3.10. The van der Waals surface area contributed by atoms with E-state index in [1.54, 1.807) is 18.5 Å². The van der Waals surface area contributed by atoms with Gasteiger partial charge in [-0.3, -0.25) is 4.90 Å². The molecule has 1 atom stereocenters. The molecule has 25 heavy (non-hydrogen) atoms. The second-order valence-corrected chi connectivity index (χ2v) is 5.97. The van der Waals surface area contributed by atoms with Crippen LogP contribution in [-0.4, -0.2) is 47.0 Å². The maximum absolute atomic E-state index is 11.7. The summed E-state index contributed by atoms with van der Waals surface area (Å²) >= 11 is 0. The van der Waals surface area contributed by atoms with E-state index >= 15 is 0 Å². The standard InChI is InChI=1S/C16H15BN6O2/c1-16(17,11-8-10-2-4-18-13(10)20-9-11)22-14-19-5-3-12(21-14)23-6-7-25-15(23)24/h2-5,8-9H,6-7H2,1H3,(H,18,20)(H,19,21,22). The Labute approximate surface area is 145 Å². The number of carbonyl (C=O) groups is 1. The summed E-state index contributed by atoms with van der Waals surface area (Å²) in [5.74, 6) is 0.784. The lowest BCUT2D eigenvalue weighted by Gasteiger charge is -2.27. The van der Waals surface area contributed by atoms with Crippen molar-refractivity contribution in [2.75, 3.05) is 23.4 Å². The summed E-state index contributed by atoms with van der Waals surface area (Å²) in [5.41, 5.74) is 0.641. The van der Waals surface area contributed by atoms with Gasteiger partial charge in [0, 0.05) is 29.4 Å². The molecule has 1 fully saturated rings. The van der Waals surface area contributed by atoms with Crippen LogP contribution in [0.1, 0.15) is 12.5 Å². The fraction of sp³-hybridized carbons (Fsp3) is 0.250. The number of hydrogen-bond donors (Lipinski definition) is 2. The Kier molecular flexibility index (Phi) is 3.56. The van der Waals surface area contributed by atoms with Gasteiger partial charge in [0.15, 0.2) is 0 Å². The summed E-state index contributed by atoms with van der Waals surface area (Å²) in [7, 11) is 6.41.